The quantitative estimate of drug-likeness (QED) is 0.888. The van der Waals surface area contributed by atoms with Crippen LogP contribution in [0, 0.1) is 6.92 Å². The van der Waals surface area contributed by atoms with Gasteiger partial charge in [0.05, 0.1) is 28.9 Å². The van der Waals surface area contributed by atoms with Crippen molar-refractivity contribution in [2.24, 2.45) is 0 Å². The highest BCUT2D eigenvalue weighted by atomic mass is 32.2. The van der Waals surface area contributed by atoms with Gasteiger partial charge in [-0.1, -0.05) is 30.3 Å². The number of thioether (sulfide) groups is 1. The Labute approximate surface area is 121 Å². The lowest BCUT2D eigenvalue weighted by Gasteiger charge is -2.04. The lowest BCUT2D eigenvalue weighted by Crippen LogP contribution is -2.24. The Kier molecular flexibility index (Phi) is 5.35. The van der Waals surface area contributed by atoms with Crippen molar-refractivity contribution in [3.8, 4) is 0 Å². The number of aryl methyl sites for hydroxylation is 1. The monoisotopic (exact) mass is 293 g/mol. The van der Waals surface area contributed by atoms with E-state index < -0.39 is 0 Å². The molecule has 0 aliphatic heterocycles. The number of rotatable bonds is 6. The van der Waals surface area contributed by atoms with Gasteiger partial charge in [-0.2, -0.15) is 8.75 Å². The zero-order chi connectivity index (χ0) is 13.5. The lowest BCUT2D eigenvalue weighted by molar-refractivity contribution is -0.118. The van der Waals surface area contributed by atoms with Crippen LogP contribution in [0.15, 0.2) is 30.3 Å². The maximum absolute atomic E-state index is 11.7. The Balaban J connectivity index is 1.66. The molecule has 19 heavy (non-hydrogen) atoms. The molecule has 0 bridgehead atoms. The molecule has 100 valence electrons. The van der Waals surface area contributed by atoms with Crippen LogP contribution in [0.25, 0.3) is 0 Å². The molecule has 1 heterocycles. The maximum atomic E-state index is 11.7. The topological polar surface area (TPSA) is 54.9 Å². The SMILES string of the molecule is Cc1nsnc1CSCC(=O)NCc1ccccc1. The summed E-state index contributed by atoms with van der Waals surface area (Å²) in [5, 5.41) is 2.90. The minimum Gasteiger partial charge on any atom is -0.351 e. The first-order valence-electron chi connectivity index (χ1n) is 5.92. The Hall–Kier alpha value is -1.40. The lowest BCUT2D eigenvalue weighted by atomic mass is 10.2. The van der Waals surface area contributed by atoms with Crippen LogP contribution >= 0.6 is 23.5 Å². The van der Waals surface area contributed by atoms with E-state index in [0.29, 0.717) is 12.3 Å². The van der Waals surface area contributed by atoms with Gasteiger partial charge in [0.25, 0.3) is 0 Å². The molecule has 0 saturated carbocycles. The summed E-state index contributed by atoms with van der Waals surface area (Å²) in [5.74, 6) is 1.24. The van der Waals surface area contributed by atoms with E-state index >= 15 is 0 Å². The van der Waals surface area contributed by atoms with E-state index in [-0.39, 0.29) is 5.91 Å². The third kappa shape index (κ3) is 4.65. The van der Waals surface area contributed by atoms with Gasteiger partial charge < -0.3 is 5.32 Å². The molecule has 0 spiro atoms. The Morgan fingerprint density at radius 2 is 2.11 bits per heavy atom. The summed E-state index contributed by atoms with van der Waals surface area (Å²) in [7, 11) is 0. The number of benzene rings is 1. The standard InChI is InChI=1S/C13H15N3OS2/c1-10-12(16-19-15-10)8-18-9-13(17)14-7-11-5-3-2-4-6-11/h2-6H,7-9H2,1H3,(H,14,17). The van der Waals surface area contributed by atoms with Gasteiger partial charge >= 0.3 is 0 Å². The molecule has 0 atom stereocenters. The Morgan fingerprint density at radius 3 is 2.79 bits per heavy atom. The number of nitrogens with one attached hydrogen (secondary N) is 1. The normalized spacial score (nSPS) is 10.4. The van der Waals surface area contributed by atoms with E-state index in [9.17, 15) is 4.79 Å². The van der Waals surface area contributed by atoms with Crippen molar-refractivity contribution in [3.05, 3.63) is 47.3 Å². The molecule has 1 amide bonds. The molecule has 2 aromatic rings. The highest BCUT2D eigenvalue weighted by molar-refractivity contribution is 7.99. The van der Waals surface area contributed by atoms with Crippen molar-refractivity contribution in [3.63, 3.8) is 0 Å². The first-order valence-corrected chi connectivity index (χ1v) is 7.80. The molecule has 0 radical (unpaired) electrons. The van der Waals surface area contributed by atoms with Crippen molar-refractivity contribution in [1.82, 2.24) is 14.1 Å². The molecule has 1 aromatic carbocycles. The summed E-state index contributed by atoms with van der Waals surface area (Å²) in [6.07, 6.45) is 0. The highest BCUT2D eigenvalue weighted by Gasteiger charge is 2.06. The van der Waals surface area contributed by atoms with Crippen molar-refractivity contribution >= 4 is 29.4 Å². The number of carbonyl (C=O) groups is 1. The number of carbonyl (C=O) groups excluding carboxylic acids is 1. The zero-order valence-electron chi connectivity index (χ0n) is 10.6. The summed E-state index contributed by atoms with van der Waals surface area (Å²) < 4.78 is 8.29. The van der Waals surface area contributed by atoms with Crippen LogP contribution < -0.4 is 5.32 Å². The fourth-order valence-electron chi connectivity index (χ4n) is 1.47. The maximum Gasteiger partial charge on any atom is 0.230 e. The van der Waals surface area contributed by atoms with Gasteiger partial charge in [-0.05, 0) is 12.5 Å². The van der Waals surface area contributed by atoms with Crippen molar-refractivity contribution in [2.75, 3.05) is 5.75 Å². The minimum absolute atomic E-state index is 0.0506. The molecular weight excluding hydrogens is 278 g/mol. The zero-order valence-corrected chi connectivity index (χ0v) is 12.3. The molecular formula is C13H15N3OS2. The molecule has 0 unspecified atom stereocenters. The van der Waals surface area contributed by atoms with E-state index in [1.165, 1.54) is 11.7 Å². The van der Waals surface area contributed by atoms with Gasteiger partial charge in [0.1, 0.15) is 0 Å². The molecule has 0 fully saturated rings. The van der Waals surface area contributed by atoms with Gasteiger partial charge in [-0.3, -0.25) is 4.79 Å². The number of amides is 1. The molecule has 1 aromatic heterocycles. The molecule has 0 saturated heterocycles. The molecule has 4 nitrogen and oxygen atoms in total. The van der Waals surface area contributed by atoms with Crippen molar-refractivity contribution in [2.45, 2.75) is 19.2 Å². The fourth-order valence-corrected chi connectivity index (χ4v) is 2.97. The second-order valence-corrected chi connectivity index (χ2v) is 5.57. The van der Waals surface area contributed by atoms with Gasteiger partial charge in [0.2, 0.25) is 5.91 Å². The van der Waals surface area contributed by atoms with E-state index in [1.54, 1.807) is 11.8 Å². The second kappa shape index (κ2) is 7.25. The summed E-state index contributed by atoms with van der Waals surface area (Å²) >= 11 is 2.78. The van der Waals surface area contributed by atoms with E-state index in [1.807, 2.05) is 37.3 Å². The third-order valence-corrected chi connectivity index (χ3v) is 4.15. The first-order chi connectivity index (χ1) is 9.25. The van der Waals surface area contributed by atoms with Crippen LogP contribution in [-0.4, -0.2) is 20.4 Å². The highest BCUT2D eigenvalue weighted by Crippen LogP contribution is 2.13. The molecule has 2 rings (SSSR count). The minimum atomic E-state index is 0.0506. The van der Waals surface area contributed by atoms with Crippen LogP contribution in [0.3, 0.4) is 0 Å². The predicted octanol–water partition coefficient (Wildman–Crippen LogP) is 2.40. The van der Waals surface area contributed by atoms with E-state index in [4.69, 9.17) is 0 Å². The van der Waals surface area contributed by atoms with Gasteiger partial charge in [-0.15, -0.1) is 11.8 Å². The molecule has 0 aliphatic rings. The third-order valence-electron chi connectivity index (χ3n) is 2.55. The van der Waals surface area contributed by atoms with Crippen LogP contribution in [0.1, 0.15) is 17.0 Å². The summed E-state index contributed by atoms with van der Waals surface area (Å²) in [6.45, 7) is 2.52. The van der Waals surface area contributed by atoms with E-state index in [0.717, 1.165) is 22.7 Å². The largest absolute Gasteiger partial charge is 0.351 e. The Bertz CT molecular complexity index is 528. The molecule has 1 N–H and O–H groups in total. The number of aromatic nitrogens is 2. The summed E-state index contributed by atoms with van der Waals surface area (Å²) in [6, 6.07) is 9.89. The second-order valence-electron chi connectivity index (χ2n) is 4.05. The van der Waals surface area contributed by atoms with Crippen LogP contribution in [0.4, 0.5) is 0 Å². The fraction of sp³-hybridized carbons (Fsp3) is 0.308. The first kappa shape index (κ1) is 14.0. The van der Waals surface area contributed by atoms with Gasteiger partial charge in [0, 0.05) is 12.3 Å². The summed E-state index contributed by atoms with van der Waals surface area (Å²) in [5.41, 5.74) is 3.05. The van der Waals surface area contributed by atoms with Crippen LogP contribution in [0.5, 0.6) is 0 Å². The number of nitrogens with zero attached hydrogens (tertiary/aromatic N) is 2. The smallest absolute Gasteiger partial charge is 0.230 e. The number of hydrogen-bond acceptors (Lipinski definition) is 5. The number of hydrogen-bond donors (Lipinski definition) is 1. The van der Waals surface area contributed by atoms with Crippen LogP contribution in [0.2, 0.25) is 0 Å². The van der Waals surface area contributed by atoms with Crippen molar-refractivity contribution in [1.29, 1.82) is 0 Å². The van der Waals surface area contributed by atoms with Gasteiger partial charge in [-0.25, -0.2) is 0 Å². The van der Waals surface area contributed by atoms with E-state index in [2.05, 4.69) is 14.1 Å². The predicted molar refractivity (Wildman–Crippen MR) is 79.1 cm³/mol. The average Bonchev–Trinajstić information content (AvgIpc) is 2.83. The Morgan fingerprint density at radius 1 is 1.32 bits per heavy atom. The van der Waals surface area contributed by atoms with Crippen molar-refractivity contribution < 1.29 is 4.79 Å². The molecule has 6 heteroatoms. The van der Waals surface area contributed by atoms with Crippen LogP contribution in [-0.2, 0) is 17.1 Å². The molecule has 0 aliphatic carbocycles. The van der Waals surface area contributed by atoms with Gasteiger partial charge in [0.15, 0.2) is 0 Å². The average molecular weight is 293 g/mol. The summed E-state index contributed by atoms with van der Waals surface area (Å²) in [4.78, 5) is 11.7.